The number of carbonyl (C=O) groups excluding carboxylic acids is 2. The fourth-order valence-corrected chi connectivity index (χ4v) is 3.27. The number of hydrogen-bond donors (Lipinski definition) is 1. The first-order chi connectivity index (χ1) is 12.7. The standard InChI is InChI=1S/C18H19FN2O5S/c1-26-18(23)13-6-8-15(9-7-13)20-17(22)10-11-21(27(2,24)25)16-5-3-4-14(19)12-16/h3-9,12H,10-11H2,1-2H3,(H,20,22). The van der Waals surface area contributed by atoms with Gasteiger partial charge in [-0.15, -0.1) is 0 Å². The van der Waals surface area contributed by atoms with Crippen molar-refractivity contribution in [1.29, 1.82) is 0 Å². The highest BCUT2D eigenvalue weighted by Crippen LogP contribution is 2.19. The molecule has 0 fully saturated rings. The molecule has 0 aliphatic rings. The van der Waals surface area contributed by atoms with Gasteiger partial charge in [0.15, 0.2) is 0 Å². The number of hydrogen-bond acceptors (Lipinski definition) is 5. The second kappa shape index (κ2) is 8.63. The Balaban J connectivity index is 2.02. The number of ether oxygens (including phenoxy) is 1. The maximum atomic E-state index is 13.4. The highest BCUT2D eigenvalue weighted by Gasteiger charge is 2.19. The number of nitrogens with zero attached hydrogens (tertiary/aromatic N) is 1. The summed E-state index contributed by atoms with van der Waals surface area (Å²) in [6.45, 7) is -0.144. The van der Waals surface area contributed by atoms with Crippen LogP contribution in [0.15, 0.2) is 48.5 Å². The van der Waals surface area contributed by atoms with E-state index in [0.29, 0.717) is 11.3 Å². The Kier molecular flexibility index (Phi) is 6.51. The molecule has 1 amide bonds. The van der Waals surface area contributed by atoms with Crippen molar-refractivity contribution in [3.8, 4) is 0 Å². The van der Waals surface area contributed by atoms with Crippen LogP contribution < -0.4 is 9.62 Å². The van der Waals surface area contributed by atoms with Gasteiger partial charge in [0.2, 0.25) is 15.9 Å². The number of rotatable bonds is 7. The first kappa shape index (κ1) is 20.4. The third-order valence-electron chi connectivity index (χ3n) is 3.63. The van der Waals surface area contributed by atoms with Crippen LogP contribution in [0.25, 0.3) is 0 Å². The number of esters is 1. The molecule has 0 radical (unpaired) electrons. The van der Waals surface area contributed by atoms with E-state index in [9.17, 15) is 22.4 Å². The van der Waals surface area contributed by atoms with Crippen LogP contribution in [0.5, 0.6) is 0 Å². The number of halogens is 1. The highest BCUT2D eigenvalue weighted by atomic mass is 32.2. The third-order valence-corrected chi connectivity index (χ3v) is 4.82. The van der Waals surface area contributed by atoms with E-state index < -0.39 is 27.7 Å². The van der Waals surface area contributed by atoms with Crippen LogP contribution in [0.1, 0.15) is 16.8 Å². The molecule has 0 bridgehead atoms. The van der Waals surface area contributed by atoms with Crippen molar-refractivity contribution < 1.29 is 27.1 Å². The molecule has 0 saturated heterocycles. The molecule has 0 aliphatic heterocycles. The van der Waals surface area contributed by atoms with Crippen LogP contribution in [0.2, 0.25) is 0 Å². The predicted octanol–water partition coefficient (Wildman–Crippen LogP) is 2.41. The van der Waals surface area contributed by atoms with Crippen LogP contribution in [0.4, 0.5) is 15.8 Å². The van der Waals surface area contributed by atoms with E-state index in [4.69, 9.17) is 0 Å². The van der Waals surface area contributed by atoms with Crippen molar-refractivity contribution >= 4 is 33.3 Å². The maximum Gasteiger partial charge on any atom is 0.337 e. The van der Waals surface area contributed by atoms with Crippen LogP contribution in [-0.4, -0.2) is 40.2 Å². The maximum absolute atomic E-state index is 13.4. The van der Waals surface area contributed by atoms with E-state index in [1.807, 2.05) is 0 Å². The molecule has 7 nitrogen and oxygen atoms in total. The minimum atomic E-state index is -3.69. The molecule has 0 aromatic heterocycles. The van der Waals surface area contributed by atoms with Crippen molar-refractivity contribution in [3.05, 3.63) is 59.9 Å². The van der Waals surface area contributed by atoms with Gasteiger partial charge in [-0.3, -0.25) is 9.10 Å². The van der Waals surface area contributed by atoms with Gasteiger partial charge in [-0.1, -0.05) is 6.07 Å². The predicted molar refractivity (Wildman–Crippen MR) is 99.6 cm³/mol. The number of carbonyl (C=O) groups is 2. The summed E-state index contributed by atoms with van der Waals surface area (Å²) < 4.78 is 42.9. The number of amides is 1. The zero-order valence-electron chi connectivity index (χ0n) is 14.8. The molecule has 0 aliphatic carbocycles. The van der Waals surface area contributed by atoms with E-state index in [0.717, 1.165) is 16.6 Å². The van der Waals surface area contributed by atoms with E-state index in [1.165, 1.54) is 49.6 Å². The van der Waals surface area contributed by atoms with E-state index in [2.05, 4.69) is 10.1 Å². The molecular weight excluding hydrogens is 375 g/mol. The summed E-state index contributed by atoms with van der Waals surface area (Å²) >= 11 is 0. The molecule has 0 heterocycles. The Labute approximate surface area is 156 Å². The van der Waals surface area contributed by atoms with Crippen LogP contribution in [0, 0.1) is 5.82 Å². The molecular formula is C18H19FN2O5S. The summed E-state index contributed by atoms with van der Waals surface area (Å²) in [7, 11) is -2.42. The van der Waals surface area contributed by atoms with Gasteiger partial charge in [0.05, 0.1) is 24.6 Å². The lowest BCUT2D eigenvalue weighted by Gasteiger charge is -2.22. The molecule has 0 unspecified atom stereocenters. The quantitative estimate of drug-likeness (QED) is 0.728. The van der Waals surface area contributed by atoms with Crippen molar-refractivity contribution in [2.75, 3.05) is 29.5 Å². The van der Waals surface area contributed by atoms with Crippen LogP contribution >= 0.6 is 0 Å². The minimum absolute atomic E-state index is 0.137. The molecule has 2 aromatic carbocycles. The molecule has 0 saturated carbocycles. The first-order valence-electron chi connectivity index (χ1n) is 7.92. The van der Waals surface area contributed by atoms with E-state index in [1.54, 1.807) is 0 Å². The van der Waals surface area contributed by atoms with Crippen LogP contribution in [-0.2, 0) is 19.6 Å². The lowest BCUT2D eigenvalue weighted by molar-refractivity contribution is -0.116. The van der Waals surface area contributed by atoms with Gasteiger partial charge in [-0.2, -0.15) is 0 Å². The minimum Gasteiger partial charge on any atom is -0.465 e. The molecule has 9 heteroatoms. The number of nitrogens with one attached hydrogen (secondary N) is 1. The Morgan fingerprint density at radius 3 is 2.37 bits per heavy atom. The van der Waals surface area contributed by atoms with Gasteiger partial charge in [-0.05, 0) is 42.5 Å². The Hall–Kier alpha value is -2.94. The van der Waals surface area contributed by atoms with Gasteiger partial charge in [0.25, 0.3) is 0 Å². The average molecular weight is 394 g/mol. The van der Waals surface area contributed by atoms with Gasteiger partial charge in [0, 0.05) is 18.7 Å². The smallest absolute Gasteiger partial charge is 0.337 e. The van der Waals surface area contributed by atoms with Gasteiger partial charge < -0.3 is 10.1 Å². The number of anilines is 2. The molecule has 1 N–H and O–H groups in total. The molecule has 0 atom stereocenters. The van der Waals surface area contributed by atoms with Gasteiger partial charge >= 0.3 is 5.97 Å². The Bertz CT molecular complexity index is 929. The van der Waals surface area contributed by atoms with Gasteiger partial charge in [0.1, 0.15) is 5.82 Å². The van der Waals surface area contributed by atoms with Gasteiger partial charge in [-0.25, -0.2) is 17.6 Å². The first-order valence-corrected chi connectivity index (χ1v) is 9.77. The molecule has 27 heavy (non-hydrogen) atoms. The lowest BCUT2D eigenvalue weighted by atomic mass is 10.2. The highest BCUT2D eigenvalue weighted by molar-refractivity contribution is 7.92. The summed E-state index contributed by atoms with van der Waals surface area (Å²) in [4.78, 5) is 23.5. The summed E-state index contributed by atoms with van der Waals surface area (Å²) in [5, 5.41) is 2.61. The average Bonchev–Trinajstić information content (AvgIpc) is 2.61. The zero-order valence-corrected chi connectivity index (χ0v) is 15.6. The summed E-state index contributed by atoms with van der Waals surface area (Å²) in [6, 6.07) is 11.2. The van der Waals surface area contributed by atoms with Crippen molar-refractivity contribution in [2.24, 2.45) is 0 Å². The zero-order chi connectivity index (χ0) is 20.0. The normalized spacial score (nSPS) is 10.9. The number of benzene rings is 2. The number of methoxy groups -OCH3 is 1. The fourth-order valence-electron chi connectivity index (χ4n) is 2.35. The molecule has 144 valence electrons. The topological polar surface area (TPSA) is 92.8 Å². The second-order valence-electron chi connectivity index (χ2n) is 5.68. The number of sulfonamides is 1. The SMILES string of the molecule is COC(=O)c1ccc(NC(=O)CCN(c2cccc(F)c2)S(C)(=O)=O)cc1. The van der Waals surface area contributed by atoms with E-state index >= 15 is 0 Å². The van der Waals surface area contributed by atoms with Crippen molar-refractivity contribution in [2.45, 2.75) is 6.42 Å². The van der Waals surface area contributed by atoms with Crippen molar-refractivity contribution in [1.82, 2.24) is 0 Å². The summed E-state index contributed by atoms with van der Waals surface area (Å²) in [5.41, 5.74) is 0.932. The second-order valence-corrected chi connectivity index (χ2v) is 7.59. The summed E-state index contributed by atoms with van der Waals surface area (Å²) in [6.07, 6.45) is 0.851. The largest absolute Gasteiger partial charge is 0.465 e. The molecule has 0 spiro atoms. The molecule has 2 rings (SSSR count). The van der Waals surface area contributed by atoms with Crippen LogP contribution in [0.3, 0.4) is 0 Å². The van der Waals surface area contributed by atoms with Crippen molar-refractivity contribution in [3.63, 3.8) is 0 Å². The monoisotopic (exact) mass is 394 g/mol. The van der Waals surface area contributed by atoms with E-state index in [-0.39, 0.29) is 18.7 Å². The summed E-state index contributed by atoms with van der Waals surface area (Å²) in [5.74, 6) is -1.49. The Morgan fingerprint density at radius 1 is 1.15 bits per heavy atom. The lowest BCUT2D eigenvalue weighted by Crippen LogP contribution is -2.33. The fraction of sp³-hybridized carbons (Fsp3) is 0.222. The third kappa shape index (κ3) is 5.78. The molecule has 2 aromatic rings. The Morgan fingerprint density at radius 2 is 1.81 bits per heavy atom.